The minimum Gasteiger partial charge on any atom is -0.354 e. The maximum Gasteiger partial charge on any atom is 0.243 e. The first kappa shape index (κ1) is 26.7. The van der Waals surface area contributed by atoms with Crippen LogP contribution in [0.3, 0.4) is 0 Å². The summed E-state index contributed by atoms with van der Waals surface area (Å²) in [7, 11) is 0. The van der Waals surface area contributed by atoms with Crippen molar-refractivity contribution in [2.24, 2.45) is 0 Å². The Kier molecular flexibility index (Phi) is 10.5. The van der Waals surface area contributed by atoms with Gasteiger partial charge in [-0.1, -0.05) is 102 Å². The van der Waals surface area contributed by atoms with Gasteiger partial charge < -0.3 is 10.2 Å². The fourth-order valence-corrected chi connectivity index (χ4v) is 4.49. The van der Waals surface area contributed by atoms with Crippen molar-refractivity contribution in [1.82, 2.24) is 10.2 Å². The third-order valence-electron chi connectivity index (χ3n) is 6.09. The van der Waals surface area contributed by atoms with Crippen LogP contribution < -0.4 is 5.32 Å². The van der Waals surface area contributed by atoms with Crippen LogP contribution in [0.2, 0.25) is 0 Å². The topological polar surface area (TPSA) is 49.4 Å². The van der Waals surface area contributed by atoms with Crippen molar-refractivity contribution < 1.29 is 9.59 Å². The Labute approximate surface area is 217 Å². The standard InChI is InChI=1S/C30H35BrN2O2/c1-3-4-19-32-30(35)28(21-25-9-6-5-7-10-25)33(22-26-11-8-12-27(31)20-26)29(34)18-17-24-15-13-23(2)14-16-24/h5-16,20,28H,3-4,17-19,21-22H2,1-2H3,(H,32,35). The summed E-state index contributed by atoms with van der Waals surface area (Å²) in [5, 5.41) is 3.07. The highest BCUT2D eigenvalue weighted by atomic mass is 79.9. The monoisotopic (exact) mass is 534 g/mol. The lowest BCUT2D eigenvalue weighted by Crippen LogP contribution is -2.50. The first-order chi connectivity index (χ1) is 17.0. The summed E-state index contributed by atoms with van der Waals surface area (Å²) in [6.45, 7) is 5.15. The molecule has 1 atom stereocenters. The van der Waals surface area contributed by atoms with E-state index in [1.807, 2.05) is 54.6 Å². The van der Waals surface area contributed by atoms with Gasteiger partial charge in [0.25, 0.3) is 0 Å². The zero-order valence-electron chi connectivity index (χ0n) is 20.7. The number of rotatable bonds is 12. The van der Waals surface area contributed by atoms with E-state index < -0.39 is 6.04 Å². The second-order valence-corrected chi connectivity index (χ2v) is 9.90. The van der Waals surface area contributed by atoms with Crippen molar-refractivity contribution in [3.8, 4) is 0 Å². The molecule has 0 saturated carbocycles. The molecule has 5 heteroatoms. The van der Waals surface area contributed by atoms with Gasteiger partial charge in [0.1, 0.15) is 6.04 Å². The Bertz CT molecular complexity index is 1080. The highest BCUT2D eigenvalue weighted by Crippen LogP contribution is 2.19. The summed E-state index contributed by atoms with van der Waals surface area (Å²) < 4.78 is 0.953. The van der Waals surface area contributed by atoms with Crippen LogP contribution in [-0.4, -0.2) is 29.3 Å². The summed E-state index contributed by atoms with van der Waals surface area (Å²) >= 11 is 3.54. The van der Waals surface area contributed by atoms with Crippen molar-refractivity contribution in [2.45, 2.75) is 58.5 Å². The normalized spacial score (nSPS) is 11.6. The minimum absolute atomic E-state index is 0.0166. The van der Waals surface area contributed by atoms with Crippen LogP contribution in [-0.2, 0) is 29.0 Å². The van der Waals surface area contributed by atoms with E-state index in [9.17, 15) is 9.59 Å². The van der Waals surface area contributed by atoms with Crippen LogP contribution in [0.1, 0.15) is 48.4 Å². The van der Waals surface area contributed by atoms with E-state index >= 15 is 0 Å². The van der Waals surface area contributed by atoms with E-state index in [0.29, 0.717) is 32.4 Å². The highest BCUT2D eigenvalue weighted by molar-refractivity contribution is 9.10. The summed E-state index contributed by atoms with van der Waals surface area (Å²) in [6, 6.07) is 25.6. The van der Waals surface area contributed by atoms with Gasteiger partial charge in [-0.05, 0) is 48.6 Å². The van der Waals surface area contributed by atoms with E-state index in [4.69, 9.17) is 0 Å². The van der Waals surface area contributed by atoms with E-state index in [1.165, 1.54) is 5.56 Å². The van der Waals surface area contributed by atoms with Crippen LogP contribution >= 0.6 is 15.9 Å². The van der Waals surface area contributed by atoms with Gasteiger partial charge in [-0.2, -0.15) is 0 Å². The average molecular weight is 536 g/mol. The number of unbranched alkanes of at least 4 members (excludes halogenated alkanes) is 1. The zero-order valence-corrected chi connectivity index (χ0v) is 22.3. The molecule has 184 valence electrons. The van der Waals surface area contributed by atoms with Crippen LogP contribution in [0.4, 0.5) is 0 Å². The number of hydrogen-bond acceptors (Lipinski definition) is 2. The molecule has 3 aromatic rings. The second kappa shape index (κ2) is 13.8. The van der Waals surface area contributed by atoms with Crippen LogP contribution in [0.15, 0.2) is 83.3 Å². The number of hydrogen-bond donors (Lipinski definition) is 1. The Morgan fingerprint density at radius 3 is 2.31 bits per heavy atom. The van der Waals surface area contributed by atoms with Crippen molar-refractivity contribution >= 4 is 27.7 Å². The molecule has 0 fully saturated rings. The van der Waals surface area contributed by atoms with Gasteiger partial charge in [0.15, 0.2) is 0 Å². The van der Waals surface area contributed by atoms with E-state index in [1.54, 1.807) is 4.90 Å². The first-order valence-electron chi connectivity index (χ1n) is 12.4. The number of nitrogens with one attached hydrogen (secondary N) is 1. The van der Waals surface area contributed by atoms with Crippen LogP contribution in [0.5, 0.6) is 0 Å². The smallest absolute Gasteiger partial charge is 0.243 e. The third-order valence-corrected chi connectivity index (χ3v) is 6.58. The summed E-state index contributed by atoms with van der Waals surface area (Å²) in [6.07, 6.45) is 3.38. The molecule has 1 unspecified atom stereocenters. The molecule has 4 nitrogen and oxygen atoms in total. The molecule has 2 amide bonds. The molecular weight excluding hydrogens is 500 g/mol. The fraction of sp³-hybridized carbons (Fsp3) is 0.333. The van der Waals surface area contributed by atoms with E-state index in [2.05, 4.69) is 59.4 Å². The SMILES string of the molecule is CCCCNC(=O)C(Cc1ccccc1)N(Cc1cccc(Br)c1)C(=O)CCc1ccc(C)cc1. The number of carbonyl (C=O) groups excluding carboxylic acids is 2. The molecular formula is C30H35BrN2O2. The first-order valence-corrected chi connectivity index (χ1v) is 13.2. The quantitative estimate of drug-likeness (QED) is 0.279. The Balaban J connectivity index is 1.87. The fourth-order valence-electron chi connectivity index (χ4n) is 4.04. The number of aryl methyl sites for hydroxylation is 2. The van der Waals surface area contributed by atoms with Gasteiger partial charge in [-0.15, -0.1) is 0 Å². The molecule has 0 aliphatic carbocycles. The van der Waals surface area contributed by atoms with Crippen LogP contribution in [0, 0.1) is 6.92 Å². The summed E-state index contributed by atoms with van der Waals surface area (Å²) in [5.74, 6) is -0.113. The number of halogens is 1. The molecule has 0 spiro atoms. The molecule has 0 aliphatic rings. The maximum absolute atomic E-state index is 13.7. The van der Waals surface area contributed by atoms with Gasteiger partial charge in [0.05, 0.1) is 0 Å². The molecule has 0 aromatic heterocycles. The summed E-state index contributed by atoms with van der Waals surface area (Å²) in [4.78, 5) is 28.9. The van der Waals surface area contributed by atoms with Gasteiger partial charge >= 0.3 is 0 Å². The Hall–Kier alpha value is -2.92. The third kappa shape index (κ3) is 8.66. The summed E-state index contributed by atoms with van der Waals surface area (Å²) in [5.41, 5.74) is 4.34. The molecule has 0 heterocycles. The molecule has 0 bridgehead atoms. The molecule has 3 rings (SSSR count). The average Bonchev–Trinajstić information content (AvgIpc) is 2.86. The molecule has 3 aromatic carbocycles. The van der Waals surface area contributed by atoms with Gasteiger partial charge in [-0.25, -0.2) is 0 Å². The molecule has 0 saturated heterocycles. The van der Waals surface area contributed by atoms with Crippen LogP contribution in [0.25, 0.3) is 0 Å². The van der Waals surface area contributed by atoms with Gasteiger partial charge in [0.2, 0.25) is 11.8 Å². The molecule has 1 N–H and O–H groups in total. The molecule has 35 heavy (non-hydrogen) atoms. The Morgan fingerprint density at radius 1 is 0.914 bits per heavy atom. The van der Waals surface area contributed by atoms with Crippen molar-refractivity contribution in [3.63, 3.8) is 0 Å². The molecule has 0 aliphatic heterocycles. The second-order valence-electron chi connectivity index (χ2n) is 8.99. The number of benzene rings is 3. The van der Waals surface area contributed by atoms with E-state index in [0.717, 1.165) is 34.0 Å². The van der Waals surface area contributed by atoms with Crippen molar-refractivity contribution in [3.05, 3.63) is 106 Å². The molecule has 0 radical (unpaired) electrons. The largest absolute Gasteiger partial charge is 0.354 e. The lowest BCUT2D eigenvalue weighted by atomic mass is 10.0. The number of nitrogens with zero attached hydrogens (tertiary/aromatic N) is 1. The van der Waals surface area contributed by atoms with Gasteiger partial charge in [-0.3, -0.25) is 9.59 Å². The van der Waals surface area contributed by atoms with Crippen molar-refractivity contribution in [1.29, 1.82) is 0 Å². The van der Waals surface area contributed by atoms with Crippen molar-refractivity contribution in [2.75, 3.05) is 6.54 Å². The predicted molar refractivity (Wildman–Crippen MR) is 146 cm³/mol. The highest BCUT2D eigenvalue weighted by Gasteiger charge is 2.30. The number of amides is 2. The van der Waals surface area contributed by atoms with E-state index in [-0.39, 0.29) is 11.8 Å². The lowest BCUT2D eigenvalue weighted by molar-refractivity contribution is -0.141. The number of carbonyl (C=O) groups is 2. The zero-order chi connectivity index (χ0) is 25.0. The maximum atomic E-state index is 13.7. The Morgan fingerprint density at radius 2 is 1.63 bits per heavy atom. The predicted octanol–water partition coefficient (Wildman–Crippen LogP) is 6.25. The van der Waals surface area contributed by atoms with Gasteiger partial charge in [0, 0.05) is 30.4 Å². The minimum atomic E-state index is -0.584. The lowest BCUT2D eigenvalue weighted by Gasteiger charge is -2.32.